The van der Waals surface area contributed by atoms with E-state index in [0.717, 1.165) is 0 Å². The van der Waals surface area contributed by atoms with Crippen LogP contribution in [0.25, 0.3) is 0 Å². The fourth-order valence-corrected chi connectivity index (χ4v) is 2.64. The molecule has 20 heavy (non-hydrogen) atoms. The molecule has 0 radical (unpaired) electrons. The molecule has 0 unspecified atom stereocenters. The second-order valence-corrected chi connectivity index (χ2v) is 6.15. The first-order valence-corrected chi connectivity index (χ1v) is 8.78. The van der Waals surface area contributed by atoms with Crippen LogP contribution in [0.2, 0.25) is 0 Å². The second-order valence-electron chi connectivity index (χ2n) is 6.15. The van der Waals surface area contributed by atoms with Gasteiger partial charge in [-0.15, -0.1) is 0 Å². The molecule has 0 N–H and O–H groups in total. The predicted octanol–water partition coefficient (Wildman–Crippen LogP) is 5.59. The molecule has 1 aromatic rings. The molecule has 0 aliphatic heterocycles. The van der Waals surface area contributed by atoms with Crippen molar-refractivity contribution in [2.45, 2.75) is 91.0 Å². The third-order valence-corrected chi connectivity index (χ3v) is 4.08. The van der Waals surface area contributed by atoms with Crippen LogP contribution in [0, 0.1) is 6.92 Å². The minimum absolute atomic E-state index is 1.18. The summed E-state index contributed by atoms with van der Waals surface area (Å²) in [6, 6.07) is 4.39. The molecule has 0 aromatic carbocycles. The molecule has 0 spiro atoms. The predicted molar refractivity (Wildman–Crippen MR) is 87.8 cm³/mol. The summed E-state index contributed by atoms with van der Waals surface area (Å²) in [5.74, 6) is 0. The molecule has 1 aromatic heterocycles. The van der Waals surface area contributed by atoms with E-state index < -0.39 is 0 Å². The average Bonchev–Trinajstić information content (AvgIpc) is 2.47. The summed E-state index contributed by atoms with van der Waals surface area (Å²) in [6.07, 6.45) is 20.0. The maximum atomic E-state index is 2.31. The summed E-state index contributed by atoms with van der Waals surface area (Å²) in [4.78, 5) is 0. The van der Waals surface area contributed by atoms with Crippen molar-refractivity contribution >= 4 is 0 Å². The number of aryl methyl sites for hydroxylation is 2. The first kappa shape index (κ1) is 17.2. The van der Waals surface area contributed by atoms with Crippen LogP contribution in [-0.2, 0) is 6.54 Å². The Morgan fingerprint density at radius 3 is 1.65 bits per heavy atom. The SMILES string of the molecule is CCCCCCCCCCCCC[n+]1ccc(C)cc1. The van der Waals surface area contributed by atoms with Crippen LogP contribution in [0.15, 0.2) is 24.5 Å². The number of hydrogen-bond donors (Lipinski definition) is 0. The van der Waals surface area contributed by atoms with Crippen LogP contribution in [0.1, 0.15) is 83.1 Å². The van der Waals surface area contributed by atoms with Crippen LogP contribution in [0.3, 0.4) is 0 Å². The minimum atomic E-state index is 1.18. The molecule has 1 heteroatoms. The molecule has 0 bridgehead atoms. The van der Waals surface area contributed by atoms with Crippen LogP contribution < -0.4 is 4.57 Å². The van der Waals surface area contributed by atoms with Gasteiger partial charge in [-0.05, 0) is 18.9 Å². The van der Waals surface area contributed by atoms with E-state index in [1.807, 2.05) is 0 Å². The van der Waals surface area contributed by atoms with Crippen molar-refractivity contribution in [3.63, 3.8) is 0 Å². The monoisotopic (exact) mass is 276 g/mol. The Bertz CT molecular complexity index is 315. The average molecular weight is 276 g/mol. The highest BCUT2D eigenvalue weighted by atomic mass is 14.9. The summed E-state index contributed by atoms with van der Waals surface area (Å²) < 4.78 is 2.31. The standard InChI is InChI=1S/C19H34N/c1-3-4-5-6-7-8-9-10-11-12-13-16-20-17-14-19(2)15-18-20/h14-15,17-18H,3-13,16H2,1-2H3/q+1. The number of rotatable bonds is 12. The summed E-state index contributed by atoms with van der Waals surface area (Å²) in [5.41, 5.74) is 1.35. The van der Waals surface area contributed by atoms with Crippen molar-refractivity contribution in [1.29, 1.82) is 0 Å². The zero-order chi connectivity index (χ0) is 14.5. The smallest absolute Gasteiger partial charge is 0.169 e. The summed E-state index contributed by atoms with van der Waals surface area (Å²) >= 11 is 0. The molecule has 114 valence electrons. The van der Waals surface area contributed by atoms with Gasteiger partial charge in [0.15, 0.2) is 12.4 Å². The van der Waals surface area contributed by atoms with E-state index in [9.17, 15) is 0 Å². The molecule has 0 aliphatic carbocycles. The summed E-state index contributed by atoms with van der Waals surface area (Å²) in [5, 5.41) is 0. The lowest BCUT2D eigenvalue weighted by Gasteiger charge is -2.02. The van der Waals surface area contributed by atoms with Gasteiger partial charge < -0.3 is 0 Å². The number of hydrogen-bond acceptors (Lipinski definition) is 0. The van der Waals surface area contributed by atoms with E-state index in [1.54, 1.807) is 0 Å². The lowest BCUT2D eigenvalue weighted by molar-refractivity contribution is -0.697. The third kappa shape index (κ3) is 9.12. The Morgan fingerprint density at radius 1 is 0.700 bits per heavy atom. The third-order valence-electron chi connectivity index (χ3n) is 4.08. The van der Waals surface area contributed by atoms with E-state index >= 15 is 0 Å². The molecule has 0 aliphatic rings. The fraction of sp³-hybridized carbons (Fsp3) is 0.737. The maximum Gasteiger partial charge on any atom is 0.169 e. The topological polar surface area (TPSA) is 3.88 Å². The van der Waals surface area contributed by atoms with E-state index in [1.165, 1.54) is 82.7 Å². The van der Waals surface area contributed by atoms with Crippen molar-refractivity contribution in [2.75, 3.05) is 0 Å². The van der Waals surface area contributed by atoms with Crippen molar-refractivity contribution < 1.29 is 4.57 Å². The van der Waals surface area contributed by atoms with Crippen LogP contribution in [-0.4, -0.2) is 0 Å². The Kier molecular flexibility index (Phi) is 10.3. The van der Waals surface area contributed by atoms with Crippen molar-refractivity contribution in [2.24, 2.45) is 0 Å². The van der Waals surface area contributed by atoms with Gasteiger partial charge >= 0.3 is 0 Å². The highest BCUT2D eigenvalue weighted by molar-refractivity contribution is 5.03. The van der Waals surface area contributed by atoms with Crippen molar-refractivity contribution in [3.8, 4) is 0 Å². The van der Waals surface area contributed by atoms with Crippen LogP contribution in [0.5, 0.6) is 0 Å². The quantitative estimate of drug-likeness (QED) is 0.346. The first-order valence-electron chi connectivity index (χ1n) is 8.78. The van der Waals surface area contributed by atoms with Gasteiger partial charge in [-0.25, -0.2) is 4.57 Å². The zero-order valence-corrected chi connectivity index (χ0v) is 13.7. The molecule has 0 saturated heterocycles. The van der Waals surface area contributed by atoms with Gasteiger partial charge in [0.1, 0.15) is 6.54 Å². The summed E-state index contributed by atoms with van der Waals surface area (Å²) in [7, 11) is 0. The number of nitrogens with zero attached hydrogens (tertiary/aromatic N) is 1. The number of aromatic nitrogens is 1. The Labute approximate surface area is 126 Å². The highest BCUT2D eigenvalue weighted by Crippen LogP contribution is 2.11. The molecule has 1 rings (SSSR count). The van der Waals surface area contributed by atoms with Gasteiger partial charge in [-0.3, -0.25) is 0 Å². The van der Waals surface area contributed by atoms with Gasteiger partial charge in [-0.2, -0.15) is 0 Å². The molecule has 1 nitrogen and oxygen atoms in total. The van der Waals surface area contributed by atoms with Gasteiger partial charge in [0.2, 0.25) is 0 Å². The van der Waals surface area contributed by atoms with E-state index in [4.69, 9.17) is 0 Å². The molecule has 1 heterocycles. The highest BCUT2D eigenvalue weighted by Gasteiger charge is 1.99. The fourth-order valence-electron chi connectivity index (χ4n) is 2.64. The van der Waals surface area contributed by atoms with Crippen LogP contribution in [0.4, 0.5) is 0 Å². The van der Waals surface area contributed by atoms with Gasteiger partial charge in [-0.1, -0.05) is 64.7 Å². The van der Waals surface area contributed by atoms with Crippen molar-refractivity contribution in [3.05, 3.63) is 30.1 Å². The molecule has 0 atom stereocenters. The van der Waals surface area contributed by atoms with Gasteiger partial charge in [0.05, 0.1) is 0 Å². The zero-order valence-electron chi connectivity index (χ0n) is 13.7. The molecular weight excluding hydrogens is 242 g/mol. The van der Waals surface area contributed by atoms with Crippen molar-refractivity contribution in [1.82, 2.24) is 0 Å². The lowest BCUT2D eigenvalue weighted by atomic mass is 10.1. The number of pyridine rings is 1. The van der Waals surface area contributed by atoms with Gasteiger partial charge in [0, 0.05) is 18.6 Å². The van der Waals surface area contributed by atoms with E-state index in [2.05, 4.69) is 42.9 Å². The minimum Gasteiger partial charge on any atom is -0.205 e. The normalized spacial score (nSPS) is 10.9. The largest absolute Gasteiger partial charge is 0.205 e. The summed E-state index contributed by atoms with van der Waals surface area (Å²) in [6.45, 7) is 5.61. The van der Waals surface area contributed by atoms with Crippen LogP contribution >= 0.6 is 0 Å². The maximum absolute atomic E-state index is 2.31. The molecular formula is C19H34N+. The Morgan fingerprint density at radius 2 is 1.15 bits per heavy atom. The van der Waals surface area contributed by atoms with Gasteiger partial charge in [0.25, 0.3) is 0 Å². The Balaban J connectivity index is 1.84. The Hall–Kier alpha value is -0.850. The molecule has 0 fully saturated rings. The van der Waals surface area contributed by atoms with E-state index in [-0.39, 0.29) is 0 Å². The number of unbranched alkanes of at least 4 members (excludes halogenated alkanes) is 10. The molecule has 0 amide bonds. The second kappa shape index (κ2) is 11.9. The first-order chi connectivity index (χ1) is 9.83. The molecule has 0 saturated carbocycles. The van der Waals surface area contributed by atoms with E-state index in [0.29, 0.717) is 0 Å². The lowest BCUT2D eigenvalue weighted by Crippen LogP contribution is -2.32.